The van der Waals surface area contributed by atoms with Gasteiger partial charge in [-0.25, -0.2) is 9.78 Å². The number of hydrogen-bond acceptors (Lipinski definition) is 5. The van der Waals surface area contributed by atoms with Crippen LogP contribution in [0.2, 0.25) is 0 Å². The Bertz CT molecular complexity index is 319. The smallest absolute Gasteiger partial charge is 0.330 e. The SMILES string of the molecule is O=NN(CCCl)C(=O)NCc1nccs1. The Labute approximate surface area is 95.2 Å². The molecule has 1 heterocycles. The van der Waals surface area contributed by atoms with E-state index in [0.717, 1.165) is 10.0 Å². The van der Waals surface area contributed by atoms with Crippen LogP contribution >= 0.6 is 22.9 Å². The van der Waals surface area contributed by atoms with Crippen molar-refractivity contribution in [2.75, 3.05) is 12.4 Å². The van der Waals surface area contributed by atoms with E-state index < -0.39 is 6.03 Å². The van der Waals surface area contributed by atoms with Gasteiger partial charge < -0.3 is 5.32 Å². The lowest BCUT2D eigenvalue weighted by atomic mass is 10.6. The van der Waals surface area contributed by atoms with E-state index in [-0.39, 0.29) is 19.0 Å². The van der Waals surface area contributed by atoms with Gasteiger partial charge in [0.05, 0.1) is 18.4 Å². The highest BCUT2D eigenvalue weighted by molar-refractivity contribution is 7.09. The van der Waals surface area contributed by atoms with E-state index >= 15 is 0 Å². The van der Waals surface area contributed by atoms with Crippen molar-refractivity contribution in [3.8, 4) is 0 Å². The molecule has 6 nitrogen and oxygen atoms in total. The van der Waals surface area contributed by atoms with Crippen molar-refractivity contribution in [1.29, 1.82) is 0 Å². The van der Waals surface area contributed by atoms with Crippen LogP contribution in [0.4, 0.5) is 4.79 Å². The molecule has 0 saturated carbocycles. The summed E-state index contributed by atoms with van der Waals surface area (Å²) in [6, 6.07) is -0.569. The molecule has 1 aromatic rings. The van der Waals surface area contributed by atoms with E-state index in [9.17, 15) is 9.70 Å². The number of nitrogens with zero attached hydrogens (tertiary/aromatic N) is 3. The molecule has 1 rings (SSSR count). The maximum Gasteiger partial charge on any atom is 0.340 e. The molecular formula is C7H9ClN4O2S. The van der Waals surface area contributed by atoms with Crippen molar-refractivity contribution in [2.45, 2.75) is 6.54 Å². The molecule has 0 radical (unpaired) electrons. The minimum atomic E-state index is -0.569. The van der Waals surface area contributed by atoms with Crippen molar-refractivity contribution in [2.24, 2.45) is 5.29 Å². The molecule has 0 aliphatic carbocycles. The molecule has 1 aromatic heterocycles. The molecule has 0 aromatic carbocycles. The molecule has 0 aliphatic heterocycles. The lowest BCUT2D eigenvalue weighted by molar-refractivity contribution is 0.202. The van der Waals surface area contributed by atoms with Crippen molar-refractivity contribution in [3.05, 3.63) is 21.5 Å². The third kappa shape index (κ3) is 3.80. The molecule has 2 amide bonds. The van der Waals surface area contributed by atoms with Gasteiger partial charge in [0.15, 0.2) is 0 Å². The standard InChI is InChI=1S/C7H9ClN4O2S/c8-1-3-12(11-14)7(13)10-5-6-9-2-4-15-6/h2,4H,1,3,5H2,(H,10,13). The Morgan fingerprint density at radius 3 is 3.07 bits per heavy atom. The van der Waals surface area contributed by atoms with Crippen molar-refractivity contribution in [3.63, 3.8) is 0 Å². The minimum Gasteiger partial charge on any atom is -0.330 e. The van der Waals surface area contributed by atoms with Gasteiger partial charge in [0.25, 0.3) is 0 Å². The first-order chi connectivity index (χ1) is 7.27. The van der Waals surface area contributed by atoms with Gasteiger partial charge >= 0.3 is 6.03 Å². The number of nitrogens with one attached hydrogen (secondary N) is 1. The van der Waals surface area contributed by atoms with Crippen LogP contribution in [0.3, 0.4) is 0 Å². The van der Waals surface area contributed by atoms with Gasteiger partial charge in [-0.1, -0.05) is 0 Å². The predicted molar refractivity (Wildman–Crippen MR) is 57.6 cm³/mol. The van der Waals surface area contributed by atoms with Crippen LogP contribution in [-0.2, 0) is 6.54 Å². The third-order valence-electron chi connectivity index (χ3n) is 1.50. The molecule has 0 aliphatic rings. The fraction of sp³-hybridized carbons (Fsp3) is 0.429. The Hall–Kier alpha value is -1.21. The normalized spacial score (nSPS) is 9.67. The highest BCUT2D eigenvalue weighted by atomic mass is 35.5. The van der Waals surface area contributed by atoms with Gasteiger partial charge in [0.2, 0.25) is 0 Å². The van der Waals surface area contributed by atoms with Crippen LogP contribution in [0.25, 0.3) is 0 Å². The topological polar surface area (TPSA) is 74.7 Å². The van der Waals surface area contributed by atoms with Crippen LogP contribution in [0.15, 0.2) is 16.9 Å². The van der Waals surface area contributed by atoms with Gasteiger partial charge in [-0.15, -0.1) is 27.8 Å². The first-order valence-corrected chi connectivity index (χ1v) is 5.52. The van der Waals surface area contributed by atoms with Gasteiger partial charge in [0.1, 0.15) is 5.01 Å². The molecule has 0 atom stereocenters. The number of carbonyl (C=O) groups excluding carboxylic acids is 1. The number of thiazole rings is 1. The van der Waals surface area contributed by atoms with Gasteiger partial charge in [0, 0.05) is 17.5 Å². The zero-order valence-electron chi connectivity index (χ0n) is 7.72. The molecule has 0 unspecified atom stereocenters. The molecule has 82 valence electrons. The summed E-state index contributed by atoms with van der Waals surface area (Å²) in [5, 5.41) is 8.35. The van der Waals surface area contributed by atoms with E-state index in [4.69, 9.17) is 11.6 Å². The maximum absolute atomic E-state index is 11.3. The summed E-state index contributed by atoms with van der Waals surface area (Å²) in [6.45, 7) is 0.375. The third-order valence-corrected chi connectivity index (χ3v) is 2.45. The van der Waals surface area contributed by atoms with Crippen molar-refractivity contribution in [1.82, 2.24) is 15.3 Å². The quantitative estimate of drug-likeness (QED) is 0.488. The lowest BCUT2D eigenvalue weighted by Gasteiger charge is -2.11. The largest absolute Gasteiger partial charge is 0.340 e. The maximum atomic E-state index is 11.3. The highest BCUT2D eigenvalue weighted by Gasteiger charge is 2.12. The minimum absolute atomic E-state index is 0.0920. The molecule has 0 saturated heterocycles. The summed E-state index contributed by atoms with van der Waals surface area (Å²) >= 11 is 6.81. The Morgan fingerprint density at radius 1 is 1.73 bits per heavy atom. The number of urea groups is 1. The van der Waals surface area contributed by atoms with Crippen molar-refractivity contribution >= 4 is 29.0 Å². The summed E-state index contributed by atoms with van der Waals surface area (Å²) in [6.07, 6.45) is 1.64. The van der Waals surface area contributed by atoms with E-state index in [1.807, 2.05) is 0 Å². The zero-order chi connectivity index (χ0) is 11.1. The van der Waals surface area contributed by atoms with Gasteiger partial charge in [-0.3, -0.25) is 0 Å². The summed E-state index contributed by atoms with van der Waals surface area (Å²) in [5.74, 6) is 0.163. The average molecular weight is 249 g/mol. The van der Waals surface area contributed by atoms with Gasteiger partial charge in [-0.2, -0.15) is 5.01 Å². The number of alkyl halides is 1. The fourth-order valence-corrected chi connectivity index (χ4v) is 1.56. The molecule has 8 heteroatoms. The number of hydrogen-bond donors (Lipinski definition) is 1. The van der Waals surface area contributed by atoms with E-state index in [1.165, 1.54) is 11.3 Å². The second-order valence-corrected chi connectivity index (χ2v) is 3.84. The number of nitroso groups, excluding NO2 is 1. The Balaban J connectivity index is 2.37. The number of amides is 2. The molecule has 15 heavy (non-hydrogen) atoms. The summed E-state index contributed by atoms with van der Waals surface area (Å²) in [5.41, 5.74) is 0. The number of aromatic nitrogens is 1. The van der Waals surface area contributed by atoms with Crippen LogP contribution < -0.4 is 5.32 Å². The zero-order valence-corrected chi connectivity index (χ0v) is 9.29. The molecular weight excluding hydrogens is 240 g/mol. The monoisotopic (exact) mass is 248 g/mol. The van der Waals surface area contributed by atoms with E-state index in [0.29, 0.717) is 0 Å². The molecule has 0 bridgehead atoms. The lowest BCUT2D eigenvalue weighted by Crippen LogP contribution is -2.36. The van der Waals surface area contributed by atoms with Crippen LogP contribution in [0, 0.1) is 4.91 Å². The average Bonchev–Trinajstić information content (AvgIpc) is 2.75. The molecule has 1 N–H and O–H groups in total. The van der Waals surface area contributed by atoms with Crippen LogP contribution in [0.5, 0.6) is 0 Å². The summed E-state index contributed by atoms with van der Waals surface area (Å²) in [4.78, 5) is 25.5. The fourth-order valence-electron chi connectivity index (χ4n) is 0.842. The second kappa shape index (κ2) is 6.31. The number of halogens is 1. The van der Waals surface area contributed by atoms with Crippen LogP contribution in [-0.4, -0.2) is 28.4 Å². The number of carbonyl (C=O) groups is 1. The highest BCUT2D eigenvalue weighted by Crippen LogP contribution is 2.03. The van der Waals surface area contributed by atoms with E-state index in [2.05, 4.69) is 15.6 Å². The first-order valence-electron chi connectivity index (χ1n) is 4.11. The summed E-state index contributed by atoms with van der Waals surface area (Å²) in [7, 11) is 0. The van der Waals surface area contributed by atoms with E-state index in [1.54, 1.807) is 11.6 Å². The van der Waals surface area contributed by atoms with Crippen molar-refractivity contribution < 1.29 is 4.79 Å². The summed E-state index contributed by atoms with van der Waals surface area (Å²) < 4.78 is 0. The first kappa shape index (κ1) is 11.9. The predicted octanol–water partition coefficient (Wildman–Crippen LogP) is 1.57. The van der Waals surface area contributed by atoms with Gasteiger partial charge in [-0.05, 0) is 0 Å². The molecule has 0 spiro atoms. The molecule has 0 fully saturated rings. The number of rotatable bonds is 5. The Morgan fingerprint density at radius 2 is 2.53 bits per heavy atom. The second-order valence-electron chi connectivity index (χ2n) is 2.48. The van der Waals surface area contributed by atoms with Crippen LogP contribution in [0.1, 0.15) is 5.01 Å². The Kier molecular flexibility index (Phi) is 4.99.